The van der Waals surface area contributed by atoms with Gasteiger partial charge in [0.1, 0.15) is 5.60 Å². The molecule has 2 fully saturated rings. The number of hydrogen-bond acceptors (Lipinski definition) is 5. The topological polar surface area (TPSA) is 97.5 Å². The van der Waals surface area contributed by atoms with Crippen LogP contribution >= 0.6 is 0 Å². The van der Waals surface area contributed by atoms with Gasteiger partial charge in [0.05, 0.1) is 11.7 Å². The molecule has 0 aromatic carbocycles. The normalized spacial score (nSPS) is 24.2. The number of aromatic nitrogens is 3. The summed E-state index contributed by atoms with van der Waals surface area (Å²) in [7, 11) is 0. The van der Waals surface area contributed by atoms with Gasteiger partial charge in [-0.2, -0.15) is 0 Å². The van der Waals surface area contributed by atoms with E-state index in [-0.39, 0.29) is 23.9 Å². The number of ether oxygens (including phenoxy) is 1. The molecule has 1 amide bonds. The summed E-state index contributed by atoms with van der Waals surface area (Å²) in [5, 5.41) is 17.0. The molecule has 138 valence electrons. The van der Waals surface area contributed by atoms with Crippen LogP contribution in [0.15, 0.2) is 0 Å². The maximum Gasteiger partial charge on any atom is 0.410 e. The summed E-state index contributed by atoms with van der Waals surface area (Å²) in [4.78, 5) is 25.6. The first kappa shape index (κ1) is 17.7. The highest BCUT2D eigenvalue weighted by Gasteiger charge is 2.43. The van der Waals surface area contributed by atoms with Gasteiger partial charge in [0.15, 0.2) is 5.69 Å². The predicted molar refractivity (Wildman–Crippen MR) is 89.4 cm³/mol. The second-order valence-corrected chi connectivity index (χ2v) is 8.03. The average Bonchev–Trinajstić information content (AvgIpc) is 3.27. The summed E-state index contributed by atoms with van der Waals surface area (Å²) < 4.78 is 7.27. The van der Waals surface area contributed by atoms with Crippen LogP contribution in [0.4, 0.5) is 4.79 Å². The van der Waals surface area contributed by atoms with E-state index in [2.05, 4.69) is 10.3 Å². The van der Waals surface area contributed by atoms with Crippen molar-refractivity contribution in [1.82, 2.24) is 19.9 Å². The molecule has 3 rings (SSSR count). The number of hydrogen-bond donors (Lipinski definition) is 1. The van der Waals surface area contributed by atoms with Crippen LogP contribution in [0, 0.1) is 12.8 Å². The molecule has 2 aliphatic rings. The summed E-state index contributed by atoms with van der Waals surface area (Å²) in [6.45, 7) is 7.93. The molecular formula is C17H26N4O4. The van der Waals surface area contributed by atoms with Crippen LogP contribution in [0.3, 0.4) is 0 Å². The lowest BCUT2D eigenvalue weighted by Gasteiger charge is -2.40. The molecule has 1 aliphatic carbocycles. The molecule has 1 N–H and O–H groups in total. The van der Waals surface area contributed by atoms with Gasteiger partial charge in [0.2, 0.25) is 0 Å². The Labute approximate surface area is 147 Å². The Morgan fingerprint density at radius 2 is 1.92 bits per heavy atom. The van der Waals surface area contributed by atoms with Gasteiger partial charge in [-0.1, -0.05) is 5.21 Å². The Hall–Kier alpha value is -2.12. The highest BCUT2D eigenvalue weighted by molar-refractivity contribution is 5.86. The standard InChI is InChI=1S/C17H26N4O4/c1-10-14(15(22)23)18-19-21(10)12-7-8-20(13(9-12)11-5-6-11)16(24)25-17(2,3)4/h11-13H,5-9H2,1-4H3,(H,22,23). The number of piperidine rings is 1. The smallest absolute Gasteiger partial charge is 0.410 e. The lowest BCUT2D eigenvalue weighted by atomic mass is 9.94. The summed E-state index contributed by atoms with van der Waals surface area (Å²) in [6.07, 6.45) is 3.45. The monoisotopic (exact) mass is 350 g/mol. The molecule has 2 unspecified atom stereocenters. The van der Waals surface area contributed by atoms with Crippen molar-refractivity contribution in [3.8, 4) is 0 Å². The summed E-state index contributed by atoms with van der Waals surface area (Å²) >= 11 is 0. The minimum Gasteiger partial charge on any atom is -0.476 e. The number of nitrogens with zero attached hydrogens (tertiary/aromatic N) is 4. The third kappa shape index (κ3) is 3.77. The highest BCUT2D eigenvalue weighted by atomic mass is 16.6. The first-order valence-corrected chi connectivity index (χ1v) is 8.82. The molecular weight excluding hydrogens is 324 g/mol. The second kappa shape index (κ2) is 6.31. The predicted octanol–water partition coefficient (Wildman–Crippen LogP) is 2.64. The Bertz CT molecular complexity index is 675. The van der Waals surface area contributed by atoms with E-state index in [0.717, 1.165) is 19.3 Å². The van der Waals surface area contributed by atoms with Crippen LogP contribution in [0.1, 0.15) is 68.7 Å². The zero-order chi connectivity index (χ0) is 18.4. The molecule has 2 heterocycles. The molecule has 1 aliphatic heterocycles. The van der Waals surface area contributed by atoms with Crippen LogP contribution in [-0.2, 0) is 4.74 Å². The molecule has 1 aromatic rings. The number of carbonyl (C=O) groups excluding carboxylic acids is 1. The molecule has 25 heavy (non-hydrogen) atoms. The van der Waals surface area contributed by atoms with Crippen LogP contribution in [0.5, 0.6) is 0 Å². The Kier molecular flexibility index (Phi) is 4.47. The number of carbonyl (C=O) groups is 2. The molecule has 0 bridgehead atoms. The van der Waals surface area contributed by atoms with E-state index in [1.807, 2.05) is 25.7 Å². The number of rotatable bonds is 3. The lowest BCUT2D eigenvalue weighted by Crippen LogP contribution is -2.49. The molecule has 0 radical (unpaired) electrons. The zero-order valence-corrected chi connectivity index (χ0v) is 15.2. The van der Waals surface area contributed by atoms with Crippen molar-refractivity contribution >= 4 is 12.1 Å². The number of amides is 1. The number of carboxylic acid groups (broad SMARTS) is 1. The van der Waals surface area contributed by atoms with Crippen molar-refractivity contribution in [2.45, 2.75) is 71.1 Å². The van der Waals surface area contributed by atoms with Gasteiger partial charge < -0.3 is 14.7 Å². The summed E-state index contributed by atoms with van der Waals surface area (Å²) in [5.74, 6) is -0.563. The van der Waals surface area contributed by atoms with Gasteiger partial charge >= 0.3 is 12.1 Å². The van der Waals surface area contributed by atoms with Crippen molar-refractivity contribution < 1.29 is 19.4 Å². The average molecular weight is 350 g/mol. The quantitative estimate of drug-likeness (QED) is 0.900. The van der Waals surface area contributed by atoms with Gasteiger partial charge in [0.25, 0.3) is 0 Å². The molecule has 8 nitrogen and oxygen atoms in total. The number of likely N-dealkylation sites (tertiary alicyclic amines) is 1. The Morgan fingerprint density at radius 1 is 1.24 bits per heavy atom. The van der Waals surface area contributed by atoms with Crippen molar-refractivity contribution in [1.29, 1.82) is 0 Å². The molecule has 0 spiro atoms. The van der Waals surface area contributed by atoms with Crippen molar-refractivity contribution in [3.63, 3.8) is 0 Å². The largest absolute Gasteiger partial charge is 0.476 e. The van der Waals surface area contributed by atoms with E-state index in [1.54, 1.807) is 11.6 Å². The van der Waals surface area contributed by atoms with E-state index in [0.29, 0.717) is 24.6 Å². The van der Waals surface area contributed by atoms with Gasteiger partial charge in [-0.05, 0) is 59.3 Å². The number of aromatic carboxylic acids is 1. The lowest BCUT2D eigenvalue weighted by molar-refractivity contribution is 0.00131. The van der Waals surface area contributed by atoms with Crippen LogP contribution < -0.4 is 0 Å². The fraction of sp³-hybridized carbons (Fsp3) is 0.765. The van der Waals surface area contributed by atoms with E-state index in [1.165, 1.54) is 0 Å². The van der Waals surface area contributed by atoms with E-state index in [9.17, 15) is 9.59 Å². The van der Waals surface area contributed by atoms with Crippen LogP contribution in [-0.4, -0.2) is 55.3 Å². The van der Waals surface area contributed by atoms with Gasteiger partial charge in [-0.3, -0.25) is 0 Å². The first-order valence-electron chi connectivity index (χ1n) is 8.82. The maximum absolute atomic E-state index is 12.6. The van der Waals surface area contributed by atoms with Gasteiger partial charge in [-0.25, -0.2) is 14.3 Å². The Balaban J connectivity index is 1.76. The van der Waals surface area contributed by atoms with Crippen LogP contribution in [0.25, 0.3) is 0 Å². The van der Waals surface area contributed by atoms with Gasteiger partial charge in [-0.15, -0.1) is 5.10 Å². The maximum atomic E-state index is 12.6. The highest BCUT2D eigenvalue weighted by Crippen LogP contribution is 2.42. The van der Waals surface area contributed by atoms with E-state index >= 15 is 0 Å². The zero-order valence-electron chi connectivity index (χ0n) is 15.2. The summed E-state index contributed by atoms with van der Waals surface area (Å²) in [6, 6.07) is 0.176. The SMILES string of the molecule is Cc1c(C(=O)O)nnn1C1CCN(C(=O)OC(C)(C)C)C(C2CC2)C1. The minimum absolute atomic E-state index is 0.00227. The molecule has 1 aromatic heterocycles. The van der Waals surface area contributed by atoms with Crippen molar-refractivity contribution in [2.24, 2.45) is 5.92 Å². The van der Waals surface area contributed by atoms with Crippen molar-refractivity contribution in [2.75, 3.05) is 6.54 Å². The Morgan fingerprint density at radius 3 is 2.44 bits per heavy atom. The first-order chi connectivity index (χ1) is 11.7. The summed E-state index contributed by atoms with van der Waals surface area (Å²) in [5.41, 5.74) is 0.0521. The fourth-order valence-electron chi connectivity index (χ4n) is 3.56. The van der Waals surface area contributed by atoms with Gasteiger partial charge in [0, 0.05) is 12.6 Å². The molecule has 1 saturated heterocycles. The third-order valence-corrected chi connectivity index (χ3v) is 4.89. The molecule has 8 heteroatoms. The van der Waals surface area contributed by atoms with Crippen molar-refractivity contribution in [3.05, 3.63) is 11.4 Å². The minimum atomic E-state index is -1.06. The van der Waals surface area contributed by atoms with E-state index < -0.39 is 11.6 Å². The third-order valence-electron chi connectivity index (χ3n) is 4.89. The number of carboxylic acids is 1. The molecule has 1 saturated carbocycles. The van der Waals surface area contributed by atoms with E-state index in [4.69, 9.17) is 9.84 Å². The van der Waals surface area contributed by atoms with Crippen LogP contribution in [0.2, 0.25) is 0 Å². The fourth-order valence-corrected chi connectivity index (χ4v) is 3.56. The second-order valence-electron chi connectivity index (χ2n) is 8.03. The molecule has 2 atom stereocenters.